The fraction of sp³-hybridized carbons (Fsp3) is 0.562. The predicted octanol–water partition coefficient (Wildman–Crippen LogP) is 3.00. The Labute approximate surface area is 135 Å². The highest BCUT2D eigenvalue weighted by Gasteiger charge is 2.27. The van der Waals surface area contributed by atoms with Crippen LogP contribution >= 0.6 is 11.3 Å². The molecule has 0 spiro atoms. The number of piperidine rings is 1. The summed E-state index contributed by atoms with van der Waals surface area (Å²) in [4.78, 5) is 21.1. The lowest BCUT2D eigenvalue weighted by Crippen LogP contribution is -2.40. The lowest BCUT2D eigenvalue weighted by atomic mass is 10.1. The fourth-order valence-electron chi connectivity index (χ4n) is 3.06. The molecular weight excluding hydrogens is 296 g/mol. The van der Waals surface area contributed by atoms with Crippen molar-refractivity contribution in [3.63, 3.8) is 0 Å². The van der Waals surface area contributed by atoms with Crippen molar-refractivity contribution in [1.82, 2.24) is 19.7 Å². The standard InChI is InChI=1S/C16H22N4OS/c1-4-14-7-8-15(22-14)16(21)19-9-5-6-13(10-19)20-12(3)17-11(2)18-20/h7-8,13H,4-6,9-10H2,1-3H3/t13-/m0/s1. The summed E-state index contributed by atoms with van der Waals surface area (Å²) in [5.41, 5.74) is 0. The lowest BCUT2D eigenvalue weighted by Gasteiger charge is -2.32. The molecule has 118 valence electrons. The second kappa shape index (κ2) is 6.20. The average molecular weight is 318 g/mol. The van der Waals surface area contributed by atoms with E-state index in [-0.39, 0.29) is 11.9 Å². The first-order valence-corrected chi connectivity index (χ1v) is 8.68. The Balaban J connectivity index is 1.75. The number of hydrogen-bond acceptors (Lipinski definition) is 4. The summed E-state index contributed by atoms with van der Waals surface area (Å²) in [5, 5.41) is 4.49. The van der Waals surface area contributed by atoms with Crippen LogP contribution in [0.3, 0.4) is 0 Å². The number of aryl methyl sites for hydroxylation is 3. The Morgan fingerprint density at radius 1 is 1.41 bits per heavy atom. The molecule has 0 unspecified atom stereocenters. The van der Waals surface area contributed by atoms with E-state index in [2.05, 4.69) is 23.1 Å². The van der Waals surface area contributed by atoms with Gasteiger partial charge in [0.1, 0.15) is 11.6 Å². The van der Waals surface area contributed by atoms with Gasteiger partial charge in [0.05, 0.1) is 10.9 Å². The molecule has 0 aromatic carbocycles. The van der Waals surface area contributed by atoms with Crippen molar-refractivity contribution >= 4 is 17.2 Å². The predicted molar refractivity (Wildman–Crippen MR) is 87.4 cm³/mol. The van der Waals surface area contributed by atoms with Gasteiger partial charge in [-0.1, -0.05) is 6.92 Å². The van der Waals surface area contributed by atoms with Crippen molar-refractivity contribution in [2.24, 2.45) is 0 Å². The van der Waals surface area contributed by atoms with Gasteiger partial charge in [-0.15, -0.1) is 11.3 Å². The Kier molecular flexibility index (Phi) is 4.29. The highest BCUT2D eigenvalue weighted by atomic mass is 32.1. The Hall–Kier alpha value is -1.69. The summed E-state index contributed by atoms with van der Waals surface area (Å²) in [5.74, 6) is 1.89. The average Bonchev–Trinajstić information content (AvgIpc) is 3.13. The van der Waals surface area contributed by atoms with Gasteiger partial charge < -0.3 is 4.90 Å². The van der Waals surface area contributed by atoms with Crippen LogP contribution in [0, 0.1) is 13.8 Å². The Bertz CT molecular complexity index is 675. The number of carbonyl (C=O) groups is 1. The van der Waals surface area contributed by atoms with E-state index in [0.717, 1.165) is 48.9 Å². The van der Waals surface area contributed by atoms with Crippen molar-refractivity contribution < 1.29 is 4.79 Å². The monoisotopic (exact) mass is 318 g/mol. The minimum atomic E-state index is 0.156. The Morgan fingerprint density at radius 3 is 2.86 bits per heavy atom. The molecule has 1 aliphatic rings. The second-order valence-corrected chi connectivity index (χ2v) is 6.99. The number of nitrogens with zero attached hydrogens (tertiary/aromatic N) is 4. The molecule has 0 bridgehead atoms. The number of amides is 1. The maximum Gasteiger partial charge on any atom is 0.263 e. The van der Waals surface area contributed by atoms with Gasteiger partial charge in [0.25, 0.3) is 5.91 Å². The van der Waals surface area contributed by atoms with Gasteiger partial charge in [-0.2, -0.15) is 5.10 Å². The number of rotatable bonds is 3. The second-order valence-electron chi connectivity index (χ2n) is 5.82. The summed E-state index contributed by atoms with van der Waals surface area (Å²) in [7, 11) is 0. The zero-order valence-electron chi connectivity index (χ0n) is 13.4. The van der Waals surface area contributed by atoms with Crippen LogP contribution < -0.4 is 0 Å². The largest absolute Gasteiger partial charge is 0.336 e. The quantitative estimate of drug-likeness (QED) is 0.874. The molecule has 1 atom stereocenters. The molecule has 6 heteroatoms. The summed E-state index contributed by atoms with van der Waals surface area (Å²) in [6, 6.07) is 4.26. The molecule has 1 amide bonds. The van der Waals surface area contributed by atoms with Gasteiger partial charge in [0, 0.05) is 18.0 Å². The topological polar surface area (TPSA) is 51.0 Å². The highest BCUT2D eigenvalue weighted by Crippen LogP contribution is 2.25. The van der Waals surface area contributed by atoms with E-state index < -0.39 is 0 Å². The maximum absolute atomic E-state index is 12.7. The molecule has 1 saturated heterocycles. The van der Waals surface area contributed by atoms with Crippen LogP contribution in [-0.4, -0.2) is 38.7 Å². The van der Waals surface area contributed by atoms with E-state index in [0.29, 0.717) is 0 Å². The summed E-state index contributed by atoms with van der Waals surface area (Å²) in [6.07, 6.45) is 3.05. The molecule has 2 aromatic rings. The van der Waals surface area contributed by atoms with Crippen molar-refractivity contribution in [2.45, 2.75) is 46.1 Å². The Morgan fingerprint density at radius 2 is 2.23 bits per heavy atom. The maximum atomic E-state index is 12.7. The van der Waals surface area contributed by atoms with Gasteiger partial charge in [0.2, 0.25) is 0 Å². The van der Waals surface area contributed by atoms with Crippen molar-refractivity contribution in [2.75, 3.05) is 13.1 Å². The summed E-state index contributed by atoms with van der Waals surface area (Å²) in [6.45, 7) is 7.57. The van der Waals surface area contributed by atoms with E-state index >= 15 is 0 Å². The van der Waals surface area contributed by atoms with Crippen molar-refractivity contribution in [3.8, 4) is 0 Å². The van der Waals surface area contributed by atoms with E-state index in [1.807, 2.05) is 29.5 Å². The minimum Gasteiger partial charge on any atom is -0.336 e. The molecule has 0 N–H and O–H groups in total. The molecule has 3 rings (SSSR count). The van der Waals surface area contributed by atoms with Crippen LogP contribution in [0.2, 0.25) is 0 Å². The first kappa shape index (κ1) is 15.2. The smallest absolute Gasteiger partial charge is 0.263 e. The van der Waals surface area contributed by atoms with Gasteiger partial charge >= 0.3 is 0 Å². The molecule has 1 aliphatic heterocycles. The normalized spacial score (nSPS) is 18.7. The van der Waals surface area contributed by atoms with Crippen LogP contribution in [0.4, 0.5) is 0 Å². The zero-order valence-corrected chi connectivity index (χ0v) is 14.2. The molecule has 0 aliphatic carbocycles. The van der Waals surface area contributed by atoms with Crippen molar-refractivity contribution in [1.29, 1.82) is 0 Å². The molecule has 5 nitrogen and oxygen atoms in total. The zero-order chi connectivity index (χ0) is 15.7. The van der Waals surface area contributed by atoms with Crippen molar-refractivity contribution in [3.05, 3.63) is 33.5 Å². The van der Waals surface area contributed by atoms with Gasteiger partial charge in [-0.25, -0.2) is 9.67 Å². The van der Waals surface area contributed by atoms with Crippen LogP contribution in [0.15, 0.2) is 12.1 Å². The van der Waals surface area contributed by atoms with E-state index in [4.69, 9.17) is 0 Å². The highest BCUT2D eigenvalue weighted by molar-refractivity contribution is 7.14. The van der Waals surface area contributed by atoms with Crippen LogP contribution in [-0.2, 0) is 6.42 Å². The number of thiophene rings is 1. The number of carbonyl (C=O) groups excluding carboxylic acids is 1. The SMILES string of the molecule is CCc1ccc(C(=O)N2CCC[C@H](n3nc(C)nc3C)C2)s1. The molecule has 22 heavy (non-hydrogen) atoms. The first-order valence-electron chi connectivity index (χ1n) is 7.86. The third-order valence-corrected chi connectivity index (χ3v) is 5.38. The summed E-state index contributed by atoms with van der Waals surface area (Å²) >= 11 is 1.61. The van der Waals surface area contributed by atoms with Crippen LogP contribution in [0.25, 0.3) is 0 Å². The molecule has 3 heterocycles. The lowest BCUT2D eigenvalue weighted by molar-refractivity contribution is 0.0676. The van der Waals surface area contributed by atoms with E-state index in [1.165, 1.54) is 4.88 Å². The molecular formula is C16H22N4OS. The minimum absolute atomic E-state index is 0.156. The van der Waals surface area contributed by atoms with E-state index in [1.54, 1.807) is 11.3 Å². The molecule has 0 radical (unpaired) electrons. The van der Waals surface area contributed by atoms with Gasteiger partial charge in [0.15, 0.2) is 0 Å². The third kappa shape index (κ3) is 2.92. The van der Waals surface area contributed by atoms with Gasteiger partial charge in [-0.3, -0.25) is 4.79 Å². The van der Waals surface area contributed by atoms with Gasteiger partial charge in [-0.05, 0) is 45.2 Å². The molecule has 2 aromatic heterocycles. The molecule has 1 fully saturated rings. The number of likely N-dealkylation sites (tertiary alicyclic amines) is 1. The molecule has 0 saturated carbocycles. The first-order chi connectivity index (χ1) is 10.6. The third-order valence-electron chi connectivity index (χ3n) is 4.16. The van der Waals surface area contributed by atoms with Crippen LogP contribution in [0.1, 0.15) is 52.0 Å². The van der Waals surface area contributed by atoms with E-state index in [9.17, 15) is 4.79 Å². The number of aromatic nitrogens is 3. The number of hydrogen-bond donors (Lipinski definition) is 0. The van der Waals surface area contributed by atoms with Crippen LogP contribution in [0.5, 0.6) is 0 Å². The summed E-state index contributed by atoms with van der Waals surface area (Å²) < 4.78 is 1.99. The fourth-order valence-corrected chi connectivity index (χ4v) is 3.97.